The van der Waals surface area contributed by atoms with Crippen LogP contribution in [0.1, 0.15) is 55.5 Å². The van der Waals surface area contributed by atoms with Crippen molar-refractivity contribution < 1.29 is 38.1 Å². The van der Waals surface area contributed by atoms with Crippen LogP contribution in [0.5, 0.6) is 11.5 Å². The van der Waals surface area contributed by atoms with Crippen LogP contribution in [0.3, 0.4) is 0 Å². The fraction of sp³-hybridized carbons (Fsp3) is 0.407. The molecule has 1 N–H and O–H groups in total. The fourth-order valence-electron chi connectivity index (χ4n) is 3.25. The summed E-state index contributed by atoms with van der Waals surface area (Å²) >= 11 is 0. The molecule has 2 aromatic carbocycles. The molecule has 0 radical (unpaired) electrons. The van der Waals surface area contributed by atoms with Gasteiger partial charge in [-0.2, -0.15) is 0 Å². The topological polar surface area (TPSA) is 117 Å². The SMILES string of the molecule is CCCC(=O)Oc1ccc(C[C@H](NCCOC(=O)c2ccccc2)C(=O)OC)cc1OC(=O)CCC. The molecule has 0 heterocycles. The molecule has 0 bridgehead atoms. The summed E-state index contributed by atoms with van der Waals surface area (Å²) in [4.78, 5) is 48.5. The van der Waals surface area contributed by atoms with E-state index in [0.717, 1.165) is 0 Å². The Hall–Kier alpha value is -3.72. The number of esters is 4. The fourth-order valence-corrected chi connectivity index (χ4v) is 3.25. The summed E-state index contributed by atoms with van der Waals surface area (Å²) in [6, 6.07) is 12.6. The van der Waals surface area contributed by atoms with Gasteiger partial charge in [0.25, 0.3) is 0 Å². The van der Waals surface area contributed by atoms with Crippen LogP contribution < -0.4 is 14.8 Å². The first-order valence-corrected chi connectivity index (χ1v) is 12.0. The second kappa shape index (κ2) is 15.3. The van der Waals surface area contributed by atoms with Crippen LogP contribution in [0.25, 0.3) is 0 Å². The lowest BCUT2D eigenvalue weighted by molar-refractivity contribution is -0.143. The normalized spacial score (nSPS) is 11.3. The van der Waals surface area contributed by atoms with Crippen molar-refractivity contribution in [3.05, 3.63) is 59.7 Å². The van der Waals surface area contributed by atoms with Gasteiger partial charge in [0.2, 0.25) is 0 Å². The van der Waals surface area contributed by atoms with E-state index in [1.54, 1.807) is 42.5 Å². The van der Waals surface area contributed by atoms with Crippen molar-refractivity contribution in [2.75, 3.05) is 20.3 Å². The zero-order chi connectivity index (χ0) is 26.3. The van der Waals surface area contributed by atoms with Crippen LogP contribution in [0, 0.1) is 0 Å². The summed E-state index contributed by atoms with van der Waals surface area (Å²) in [5.41, 5.74) is 1.08. The lowest BCUT2D eigenvalue weighted by Gasteiger charge is -2.18. The van der Waals surface area contributed by atoms with Gasteiger partial charge in [-0.05, 0) is 49.1 Å². The molecule has 9 nitrogen and oxygen atoms in total. The smallest absolute Gasteiger partial charge is 0.338 e. The summed E-state index contributed by atoms with van der Waals surface area (Å²) in [6.07, 6.45) is 1.86. The molecule has 36 heavy (non-hydrogen) atoms. The van der Waals surface area contributed by atoms with Gasteiger partial charge in [0.1, 0.15) is 12.6 Å². The van der Waals surface area contributed by atoms with Crippen LogP contribution in [-0.4, -0.2) is 50.2 Å². The zero-order valence-corrected chi connectivity index (χ0v) is 20.9. The molecule has 2 aromatic rings. The molecule has 0 fully saturated rings. The van der Waals surface area contributed by atoms with Crippen molar-refractivity contribution in [2.24, 2.45) is 0 Å². The van der Waals surface area contributed by atoms with Crippen molar-refractivity contribution in [3.8, 4) is 11.5 Å². The molecule has 0 spiro atoms. The van der Waals surface area contributed by atoms with E-state index in [4.69, 9.17) is 18.9 Å². The molecule has 0 saturated carbocycles. The molecule has 9 heteroatoms. The number of ether oxygens (including phenoxy) is 4. The van der Waals surface area contributed by atoms with Gasteiger partial charge in [-0.25, -0.2) is 4.79 Å². The molecule has 0 aromatic heterocycles. The van der Waals surface area contributed by atoms with Crippen LogP contribution in [0.2, 0.25) is 0 Å². The first-order valence-electron chi connectivity index (χ1n) is 12.0. The number of hydrogen-bond donors (Lipinski definition) is 1. The Morgan fingerprint density at radius 3 is 2.11 bits per heavy atom. The maximum absolute atomic E-state index is 12.4. The standard InChI is InChI=1S/C27H33NO8/c1-4-9-24(29)35-22-14-13-19(18-23(22)36-25(30)10-5-2)17-21(27(32)33-3)28-15-16-34-26(31)20-11-7-6-8-12-20/h6-8,11-14,18,21,28H,4-5,9-10,15-17H2,1-3H3/t21-/m0/s1. The number of carbonyl (C=O) groups is 4. The second-order valence-corrected chi connectivity index (χ2v) is 7.97. The summed E-state index contributed by atoms with van der Waals surface area (Å²) < 4.78 is 20.9. The first kappa shape index (κ1) is 28.5. The van der Waals surface area contributed by atoms with Gasteiger partial charge in [-0.3, -0.25) is 14.4 Å². The van der Waals surface area contributed by atoms with Crippen LogP contribution in [0.15, 0.2) is 48.5 Å². The molecule has 0 aliphatic carbocycles. The summed E-state index contributed by atoms with van der Waals surface area (Å²) in [5, 5.41) is 3.02. The monoisotopic (exact) mass is 499 g/mol. The van der Waals surface area contributed by atoms with Crippen LogP contribution >= 0.6 is 0 Å². The highest BCUT2D eigenvalue weighted by atomic mass is 16.6. The van der Waals surface area contributed by atoms with E-state index in [1.165, 1.54) is 13.2 Å². The maximum atomic E-state index is 12.4. The number of methoxy groups -OCH3 is 1. The van der Waals surface area contributed by atoms with Gasteiger partial charge >= 0.3 is 23.9 Å². The Balaban J connectivity index is 2.07. The van der Waals surface area contributed by atoms with Gasteiger partial charge in [0.15, 0.2) is 11.5 Å². The maximum Gasteiger partial charge on any atom is 0.338 e. The predicted octanol–water partition coefficient (Wildman–Crippen LogP) is 3.63. The third-order valence-corrected chi connectivity index (χ3v) is 5.02. The third kappa shape index (κ3) is 9.50. The molecule has 2 rings (SSSR count). The number of benzene rings is 2. The molecule has 0 unspecified atom stereocenters. The summed E-state index contributed by atoms with van der Waals surface area (Å²) in [5.74, 6) is -1.61. The van der Waals surface area contributed by atoms with Crippen molar-refractivity contribution in [2.45, 2.75) is 52.0 Å². The van der Waals surface area contributed by atoms with Crippen molar-refractivity contribution in [1.29, 1.82) is 0 Å². The zero-order valence-electron chi connectivity index (χ0n) is 20.9. The Labute approximate surface area is 211 Å². The molecule has 0 aliphatic rings. The number of carbonyl (C=O) groups excluding carboxylic acids is 4. The van der Waals surface area contributed by atoms with E-state index in [-0.39, 0.29) is 43.9 Å². The third-order valence-electron chi connectivity index (χ3n) is 5.02. The average molecular weight is 500 g/mol. The average Bonchev–Trinajstić information content (AvgIpc) is 2.87. The Morgan fingerprint density at radius 2 is 1.50 bits per heavy atom. The van der Waals surface area contributed by atoms with Gasteiger partial charge < -0.3 is 24.3 Å². The highest BCUT2D eigenvalue weighted by Crippen LogP contribution is 2.30. The van der Waals surface area contributed by atoms with Crippen molar-refractivity contribution >= 4 is 23.9 Å². The van der Waals surface area contributed by atoms with Crippen molar-refractivity contribution in [1.82, 2.24) is 5.32 Å². The lowest BCUT2D eigenvalue weighted by Crippen LogP contribution is -2.41. The molecule has 194 valence electrons. The molecule has 0 saturated heterocycles. The summed E-state index contributed by atoms with van der Waals surface area (Å²) in [6.45, 7) is 3.97. The predicted molar refractivity (Wildman–Crippen MR) is 132 cm³/mol. The van der Waals surface area contributed by atoms with E-state index < -0.39 is 29.9 Å². The molecule has 0 amide bonds. The van der Waals surface area contributed by atoms with Gasteiger partial charge in [0.05, 0.1) is 12.7 Å². The molecule has 1 atom stereocenters. The van der Waals surface area contributed by atoms with Gasteiger partial charge in [-0.1, -0.05) is 38.1 Å². The Morgan fingerprint density at radius 1 is 0.861 bits per heavy atom. The first-order chi connectivity index (χ1) is 17.4. The van der Waals surface area contributed by atoms with Crippen LogP contribution in [0.4, 0.5) is 0 Å². The molecular weight excluding hydrogens is 466 g/mol. The Bertz CT molecular complexity index is 1020. The van der Waals surface area contributed by atoms with E-state index in [2.05, 4.69) is 5.32 Å². The number of rotatable bonds is 14. The number of nitrogens with one attached hydrogen (secondary N) is 1. The van der Waals surface area contributed by atoms with E-state index >= 15 is 0 Å². The number of hydrogen-bond acceptors (Lipinski definition) is 9. The minimum absolute atomic E-state index is 0.0490. The highest BCUT2D eigenvalue weighted by Gasteiger charge is 2.21. The van der Waals surface area contributed by atoms with Crippen LogP contribution in [-0.2, 0) is 30.3 Å². The quantitative estimate of drug-likeness (QED) is 0.236. The van der Waals surface area contributed by atoms with E-state index in [1.807, 2.05) is 13.8 Å². The Kier molecular flexibility index (Phi) is 12.1. The van der Waals surface area contributed by atoms with E-state index in [0.29, 0.717) is 24.0 Å². The lowest BCUT2D eigenvalue weighted by atomic mass is 10.1. The summed E-state index contributed by atoms with van der Waals surface area (Å²) in [7, 11) is 1.28. The van der Waals surface area contributed by atoms with Gasteiger partial charge in [0, 0.05) is 19.4 Å². The van der Waals surface area contributed by atoms with E-state index in [9.17, 15) is 19.2 Å². The minimum Gasteiger partial charge on any atom is -0.468 e. The minimum atomic E-state index is -0.752. The molecule has 0 aliphatic heterocycles. The highest BCUT2D eigenvalue weighted by molar-refractivity contribution is 5.89. The largest absolute Gasteiger partial charge is 0.468 e. The van der Waals surface area contributed by atoms with Gasteiger partial charge in [-0.15, -0.1) is 0 Å². The van der Waals surface area contributed by atoms with Crippen molar-refractivity contribution in [3.63, 3.8) is 0 Å². The molecular formula is C27H33NO8. The second-order valence-electron chi connectivity index (χ2n) is 7.97.